The lowest BCUT2D eigenvalue weighted by Gasteiger charge is -2.39. The van der Waals surface area contributed by atoms with Gasteiger partial charge in [-0.15, -0.1) is 0 Å². The number of halogens is 1. The number of aliphatic hydroxyl groups excluding tert-OH is 1. The molecule has 0 aromatic carbocycles. The molecule has 0 saturated carbocycles. The van der Waals surface area contributed by atoms with Gasteiger partial charge in [0.15, 0.2) is 5.60 Å². The van der Waals surface area contributed by atoms with Crippen LogP contribution in [0.15, 0.2) is 12.3 Å². The number of hydrogen-bond donors (Lipinski definition) is 2. The van der Waals surface area contributed by atoms with Crippen LogP contribution in [0.5, 0.6) is 0 Å². The molecule has 1 unspecified atom stereocenters. The molecular weight excluding hydrogens is 328 g/mol. The number of ether oxygens (including phenoxy) is 1. The maximum Gasteiger partial charge on any atom is 0.151 e. The predicted molar refractivity (Wildman–Crippen MR) is 93.2 cm³/mol. The van der Waals surface area contributed by atoms with Crippen LogP contribution in [0.4, 0.5) is 5.69 Å². The molecular formula is C18H23ClN2O3. The van der Waals surface area contributed by atoms with Crippen LogP contribution in [0.3, 0.4) is 0 Å². The standard InChI is InChI=1S/C18H23ClN2O3/c1-17(12-22)4-7-21(8-5-17)15-10-16(19)20-11-14(15)2-3-18(23)6-9-24-13-18/h10-11,22-23H,4-9,12-13H2,1H3. The Morgan fingerprint density at radius 3 is 2.75 bits per heavy atom. The minimum Gasteiger partial charge on any atom is -0.396 e. The van der Waals surface area contributed by atoms with Crippen LogP contribution in [0.2, 0.25) is 5.15 Å². The van der Waals surface area contributed by atoms with E-state index in [4.69, 9.17) is 16.3 Å². The minimum atomic E-state index is -1.08. The molecule has 0 aliphatic carbocycles. The van der Waals surface area contributed by atoms with Crippen molar-refractivity contribution in [1.82, 2.24) is 4.98 Å². The molecule has 0 amide bonds. The molecule has 2 aliphatic heterocycles. The van der Waals surface area contributed by atoms with Gasteiger partial charge in [0.2, 0.25) is 0 Å². The third kappa shape index (κ3) is 3.84. The fourth-order valence-corrected chi connectivity index (χ4v) is 3.21. The number of aliphatic hydroxyl groups is 2. The summed E-state index contributed by atoms with van der Waals surface area (Å²) in [5.41, 5.74) is 0.598. The predicted octanol–water partition coefficient (Wildman–Crippen LogP) is 1.84. The van der Waals surface area contributed by atoms with Crippen LogP contribution in [0.1, 0.15) is 31.7 Å². The third-order valence-electron chi connectivity index (χ3n) is 4.97. The first-order valence-corrected chi connectivity index (χ1v) is 8.66. The molecule has 2 fully saturated rings. The Balaban J connectivity index is 1.83. The first kappa shape index (κ1) is 17.5. The summed E-state index contributed by atoms with van der Waals surface area (Å²) in [6.45, 7) is 4.76. The number of piperidine rings is 1. The number of aromatic nitrogens is 1. The second kappa shape index (κ2) is 6.89. The molecule has 5 nitrogen and oxygen atoms in total. The lowest BCUT2D eigenvalue weighted by Crippen LogP contribution is -2.40. The maximum atomic E-state index is 10.3. The summed E-state index contributed by atoms with van der Waals surface area (Å²) in [5, 5.41) is 20.3. The second-order valence-corrected chi connectivity index (χ2v) is 7.45. The van der Waals surface area contributed by atoms with Crippen molar-refractivity contribution in [2.75, 3.05) is 37.8 Å². The van der Waals surface area contributed by atoms with Crippen molar-refractivity contribution in [3.8, 4) is 11.8 Å². The molecule has 130 valence electrons. The summed E-state index contributed by atoms with van der Waals surface area (Å²) >= 11 is 6.08. The van der Waals surface area contributed by atoms with E-state index >= 15 is 0 Å². The number of pyridine rings is 1. The van der Waals surface area contributed by atoms with Crippen molar-refractivity contribution in [1.29, 1.82) is 0 Å². The van der Waals surface area contributed by atoms with E-state index in [1.807, 2.05) is 6.07 Å². The van der Waals surface area contributed by atoms with Gasteiger partial charge in [0.25, 0.3) is 0 Å². The third-order valence-corrected chi connectivity index (χ3v) is 5.18. The largest absolute Gasteiger partial charge is 0.396 e. The quantitative estimate of drug-likeness (QED) is 0.629. The van der Waals surface area contributed by atoms with Gasteiger partial charge in [0.05, 0.1) is 24.5 Å². The van der Waals surface area contributed by atoms with E-state index in [1.54, 1.807) is 6.20 Å². The van der Waals surface area contributed by atoms with E-state index in [2.05, 4.69) is 28.6 Å². The monoisotopic (exact) mass is 350 g/mol. The second-order valence-electron chi connectivity index (χ2n) is 7.06. The molecule has 1 aromatic heterocycles. The van der Waals surface area contributed by atoms with Gasteiger partial charge in [-0.25, -0.2) is 4.98 Å². The Kier molecular flexibility index (Phi) is 5.03. The highest BCUT2D eigenvalue weighted by molar-refractivity contribution is 6.29. The fraction of sp³-hybridized carbons (Fsp3) is 0.611. The van der Waals surface area contributed by atoms with Crippen LogP contribution in [-0.4, -0.2) is 53.7 Å². The summed E-state index contributed by atoms with van der Waals surface area (Å²) in [4.78, 5) is 6.36. The Hall–Kier alpha value is -1.32. The molecule has 2 saturated heterocycles. The molecule has 2 N–H and O–H groups in total. The van der Waals surface area contributed by atoms with E-state index in [-0.39, 0.29) is 18.6 Å². The maximum absolute atomic E-state index is 10.3. The van der Waals surface area contributed by atoms with Gasteiger partial charge in [-0.1, -0.05) is 30.4 Å². The van der Waals surface area contributed by atoms with E-state index in [9.17, 15) is 10.2 Å². The van der Waals surface area contributed by atoms with Gasteiger partial charge in [-0.05, 0) is 18.3 Å². The Bertz CT molecular complexity index is 654. The molecule has 1 atom stereocenters. The lowest BCUT2D eigenvalue weighted by atomic mass is 9.81. The van der Waals surface area contributed by atoms with Crippen molar-refractivity contribution in [3.63, 3.8) is 0 Å². The molecule has 1 aromatic rings. The summed E-state index contributed by atoms with van der Waals surface area (Å²) in [5.74, 6) is 5.99. The van der Waals surface area contributed by atoms with E-state index in [1.165, 1.54) is 0 Å². The Morgan fingerprint density at radius 1 is 1.38 bits per heavy atom. The molecule has 24 heavy (non-hydrogen) atoms. The Labute approximate surface area is 147 Å². The number of nitrogens with zero attached hydrogens (tertiary/aromatic N) is 2. The highest BCUT2D eigenvalue weighted by Crippen LogP contribution is 2.34. The van der Waals surface area contributed by atoms with Gasteiger partial charge in [0, 0.05) is 38.4 Å². The van der Waals surface area contributed by atoms with Crippen molar-refractivity contribution in [2.45, 2.75) is 31.8 Å². The van der Waals surface area contributed by atoms with Gasteiger partial charge >= 0.3 is 0 Å². The minimum absolute atomic E-state index is 0.0183. The molecule has 2 aliphatic rings. The van der Waals surface area contributed by atoms with Crippen molar-refractivity contribution in [2.24, 2.45) is 5.41 Å². The first-order chi connectivity index (χ1) is 11.4. The fourth-order valence-electron chi connectivity index (χ4n) is 3.06. The molecule has 0 bridgehead atoms. The molecule has 3 heterocycles. The number of anilines is 1. The number of hydrogen-bond acceptors (Lipinski definition) is 5. The molecule has 3 rings (SSSR count). The first-order valence-electron chi connectivity index (χ1n) is 8.28. The van der Waals surface area contributed by atoms with E-state index in [0.717, 1.165) is 37.2 Å². The molecule has 0 radical (unpaired) electrons. The molecule has 6 heteroatoms. The zero-order chi connectivity index (χ0) is 17.2. The van der Waals surface area contributed by atoms with Crippen molar-refractivity contribution >= 4 is 17.3 Å². The highest BCUT2D eigenvalue weighted by Gasteiger charge is 2.31. The van der Waals surface area contributed by atoms with Gasteiger partial charge in [-0.2, -0.15) is 0 Å². The summed E-state index contributed by atoms with van der Waals surface area (Å²) in [6.07, 6.45) is 4.00. The Morgan fingerprint density at radius 2 is 2.12 bits per heavy atom. The van der Waals surface area contributed by atoms with Crippen molar-refractivity contribution in [3.05, 3.63) is 23.0 Å². The number of rotatable bonds is 2. The average molecular weight is 351 g/mol. The topological polar surface area (TPSA) is 65.8 Å². The lowest BCUT2D eigenvalue weighted by molar-refractivity contribution is 0.0765. The van der Waals surface area contributed by atoms with Crippen molar-refractivity contribution < 1.29 is 14.9 Å². The SMILES string of the molecule is CC1(CO)CCN(c2cc(Cl)ncc2C#CC2(O)CCOC2)CC1. The van der Waals surface area contributed by atoms with Gasteiger partial charge in [-0.3, -0.25) is 0 Å². The normalized spacial score (nSPS) is 26.1. The van der Waals surface area contributed by atoms with Crippen LogP contribution in [0.25, 0.3) is 0 Å². The van der Waals surface area contributed by atoms with Crippen LogP contribution >= 0.6 is 11.6 Å². The summed E-state index contributed by atoms with van der Waals surface area (Å²) in [7, 11) is 0. The van der Waals surface area contributed by atoms with Crippen LogP contribution in [0, 0.1) is 17.3 Å². The summed E-state index contributed by atoms with van der Waals surface area (Å²) in [6, 6.07) is 1.82. The average Bonchev–Trinajstić information content (AvgIpc) is 3.01. The van der Waals surface area contributed by atoms with Gasteiger partial charge in [0.1, 0.15) is 5.15 Å². The zero-order valence-electron chi connectivity index (χ0n) is 13.9. The van der Waals surface area contributed by atoms with Crippen LogP contribution in [-0.2, 0) is 4.74 Å². The highest BCUT2D eigenvalue weighted by atomic mass is 35.5. The van der Waals surface area contributed by atoms with E-state index in [0.29, 0.717) is 18.2 Å². The zero-order valence-corrected chi connectivity index (χ0v) is 14.6. The van der Waals surface area contributed by atoms with Crippen LogP contribution < -0.4 is 4.90 Å². The molecule has 0 spiro atoms. The van der Waals surface area contributed by atoms with E-state index < -0.39 is 5.60 Å². The summed E-state index contributed by atoms with van der Waals surface area (Å²) < 4.78 is 5.23. The smallest absolute Gasteiger partial charge is 0.151 e. The van der Waals surface area contributed by atoms with Gasteiger partial charge < -0.3 is 19.8 Å².